The van der Waals surface area contributed by atoms with Gasteiger partial charge in [-0.05, 0) is 39.3 Å². The lowest BCUT2D eigenvalue weighted by molar-refractivity contribution is 0.222. The molecule has 82 valence electrons. The molecule has 2 atom stereocenters. The van der Waals surface area contributed by atoms with E-state index < -0.39 is 0 Å². The van der Waals surface area contributed by atoms with E-state index in [1.165, 1.54) is 0 Å². The van der Waals surface area contributed by atoms with Gasteiger partial charge in [-0.25, -0.2) is 4.79 Å². The first-order chi connectivity index (χ1) is 6.59. The summed E-state index contributed by atoms with van der Waals surface area (Å²) in [6, 6.07) is 0.473. The largest absolute Gasteiger partial charge is 0.336 e. The summed E-state index contributed by atoms with van der Waals surface area (Å²) in [4.78, 5) is 11.4. The molecule has 0 spiro atoms. The van der Waals surface area contributed by atoms with Gasteiger partial charge in [-0.2, -0.15) is 0 Å². The van der Waals surface area contributed by atoms with Crippen molar-refractivity contribution < 1.29 is 4.79 Å². The number of piperidine rings is 1. The quantitative estimate of drug-likeness (QED) is 0.613. The third kappa shape index (κ3) is 3.54. The van der Waals surface area contributed by atoms with Crippen molar-refractivity contribution in [2.45, 2.75) is 39.3 Å². The fraction of sp³-hybridized carbons (Fsp3) is 0.900. The van der Waals surface area contributed by atoms with Crippen molar-refractivity contribution in [2.24, 2.45) is 5.92 Å². The van der Waals surface area contributed by atoms with Crippen LogP contribution in [-0.2, 0) is 0 Å². The summed E-state index contributed by atoms with van der Waals surface area (Å²) in [5.74, 6) is 0.515. The van der Waals surface area contributed by atoms with Gasteiger partial charge in [0.05, 0.1) is 0 Å². The minimum Gasteiger partial charge on any atom is -0.336 e. The summed E-state index contributed by atoms with van der Waals surface area (Å²) in [6.45, 7) is 8.08. The van der Waals surface area contributed by atoms with Gasteiger partial charge in [-0.3, -0.25) is 0 Å². The minimum atomic E-state index is -0.0428. The van der Waals surface area contributed by atoms with Crippen LogP contribution in [0, 0.1) is 5.92 Å². The summed E-state index contributed by atoms with van der Waals surface area (Å²) < 4.78 is 0. The fourth-order valence-electron chi connectivity index (χ4n) is 1.70. The van der Waals surface area contributed by atoms with Crippen molar-refractivity contribution in [1.82, 2.24) is 16.0 Å². The first kappa shape index (κ1) is 11.3. The lowest BCUT2D eigenvalue weighted by atomic mass is 9.95. The number of carbonyl (C=O) groups excluding carboxylic acids is 1. The van der Waals surface area contributed by atoms with Crippen molar-refractivity contribution >= 4 is 6.03 Å². The van der Waals surface area contributed by atoms with Crippen LogP contribution in [0.2, 0.25) is 0 Å². The van der Waals surface area contributed by atoms with Crippen LogP contribution >= 0.6 is 0 Å². The van der Waals surface area contributed by atoms with Crippen LogP contribution in [0.4, 0.5) is 4.79 Å². The van der Waals surface area contributed by atoms with Crippen LogP contribution in [0.3, 0.4) is 0 Å². The number of amides is 2. The van der Waals surface area contributed by atoms with Crippen LogP contribution in [0.1, 0.15) is 27.2 Å². The van der Waals surface area contributed by atoms with Crippen LogP contribution in [0.15, 0.2) is 0 Å². The number of carbonyl (C=O) groups is 1. The predicted molar refractivity (Wildman–Crippen MR) is 57.2 cm³/mol. The Hall–Kier alpha value is -0.770. The summed E-state index contributed by atoms with van der Waals surface area (Å²) >= 11 is 0. The van der Waals surface area contributed by atoms with E-state index >= 15 is 0 Å². The second kappa shape index (κ2) is 5.20. The molecule has 14 heavy (non-hydrogen) atoms. The second-order valence-corrected chi connectivity index (χ2v) is 4.35. The average molecular weight is 199 g/mol. The van der Waals surface area contributed by atoms with E-state index in [0.717, 1.165) is 19.5 Å². The third-order valence-corrected chi connectivity index (χ3v) is 2.52. The molecule has 0 aromatic rings. The topological polar surface area (TPSA) is 53.2 Å². The highest BCUT2D eigenvalue weighted by Crippen LogP contribution is 2.09. The predicted octanol–water partition coefficient (Wildman–Crippen LogP) is 0.692. The molecule has 1 saturated heterocycles. The van der Waals surface area contributed by atoms with Crippen molar-refractivity contribution in [2.75, 3.05) is 13.1 Å². The molecular weight excluding hydrogens is 178 g/mol. The monoisotopic (exact) mass is 199 g/mol. The SMILES string of the molecule is CC(C)NC(=O)NC1CCNCC1C. The maximum Gasteiger partial charge on any atom is 0.315 e. The normalized spacial score (nSPS) is 27.4. The lowest BCUT2D eigenvalue weighted by Gasteiger charge is -2.30. The van der Waals surface area contributed by atoms with Gasteiger partial charge < -0.3 is 16.0 Å². The number of hydrogen-bond acceptors (Lipinski definition) is 2. The Morgan fingerprint density at radius 3 is 2.79 bits per heavy atom. The highest BCUT2D eigenvalue weighted by molar-refractivity contribution is 5.74. The molecule has 1 aliphatic heterocycles. The molecule has 3 N–H and O–H groups in total. The molecule has 2 unspecified atom stereocenters. The molecule has 1 heterocycles. The molecule has 0 bridgehead atoms. The highest BCUT2D eigenvalue weighted by Gasteiger charge is 2.22. The zero-order chi connectivity index (χ0) is 10.6. The summed E-state index contributed by atoms with van der Waals surface area (Å²) in [6.07, 6.45) is 1.02. The van der Waals surface area contributed by atoms with Crippen molar-refractivity contribution in [3.8, 4) is 0 Å². The molecule has 0 radical (unpaired) electrons. The van der Waals surface area contributed by atoms with E-state index in [4.69, 9.17) is 0 Å². The molecule has 1 aliphatic rings. The Kier molecular flexibility index (Phi) is 4.20. The van der Waals surface area contributed by atoms with Crippen LogP contribution < -0.4 is 16.0 Å². The molecule has 2 amide bonds. The smallest absolute Gasteiger partial charge is 0.315 e. The van der Waals surface area contributed by atoms with Gasteiger partial charge >= 0.3 is 6.03 Å². The molecule has 1 rings (SSSR count). The highest BCUT2D eigenvalue weighted by atomic mass is 16.2. The molecule has 0 aliphatic carbocycles. The molecule has 0 saturated carbocycles. The van der Waals surface area contributed by atoms with E-state index in [-0.39, 0.29) is 12.1 Å². The molecule has 0 aromatic carbocycles. The molecule has 1 fully saturated rings. The number of nitrogens with one attached hydrogen (secondary N) is 3. The van der Waals surface area contributed by atoms with Gasteiger partial charge in [0.15, 0.2) is 0 Å². The van der Waals surface area contributed by atoms with E-state index in [9.17, 15) is 4.79 Å². The Morgan fingerprint density at radius 2 is 2.21 bits per heavy atom. The van der Waals surface area contributed by atoms with Crippen LogP contribution in [0.25, 0.3) is 0 Å². The van der Waals surface area contributed by atoms with Gasteiger partial charge in [0.1, 0.15) is 0 Å². The molecule has 4 heteroatoms. The summed E-state index contributed by atoms with van der Waals surface area (Å²) in [5.41, 5.74) is 0. The Balaban J connectivity index is 2.31. The van der Waals surface area contributed by atoms with Gasteiger partial charge in [-0.15, -0.1) is 0 Å². The van der Waals surface area contributed by atoms with E-state index in [2.05, 4.69) is 22.9 Å². The van der Waals surface area contributed by atoms with Gasteiger partial charge in [0.25, 0.3) is 0 Å². The maximum absolute atomic E-state index is 11.4. The zero-order valence-electron chi connectivity index (χ0n) is 9.26. The summed E-state index contributed by atoms with van der Waals surface area (Å²) in [7, 11) is 0. The van der Waals surface area contributed by atoms with E-state index in [1.807, 2.05) is 13.8 Å². The first-order valence-corrected chi connectivity index (χ1v) is 5.37. The molecule has 4 nitrogen and oxygen atoms in total. The zero-order valence-corrected chi connectivity index (χ0v) is 9.26. The Morgan fingerprint density at radius 1 is 1.50 bits per heavy atom. The third-order valence-electron chi connectivity index (χ3n) is 2.52. The lowest BCUT2D eigenvalue weighted by Crippen LogP contribution is -2.52. The van der Waals surface area contributed by atoms with Crippen molar-refractivity contribution in [1.29, 1.82) is 0 Å². The Bertz CT molecular complexity index is 194. The second-order valence-electron chi connectivity index (χ2n) is 4.35. The fourth-order valence-corrected chi connectivity index (χ4v) is 1.70. The molecule has 0 aromatic heterocycles. The first-order valence-electron chi connectivity index (χ1n) is 5.37. The number of urea groups is 1. The van der Waals surface area contributed by atoms with Crippen molar-refractivity contribution in [3.05, 3.63) is 0 Å². The van der Waals surface area contributed by atoms with Gasteiger partial charge in [0, 0.05) is 12.1 Å². The molecular formula is C10H21N3O. The van der Waals surface area contributed by atoms with Crippen molar-refractivity contribution in [3.63, 3.8) is 0 Å². The minimum absolute atomic E-state index is 0.0428. The van der Waals surface area contributed by atoms with Gasteiger partial charge in [0.2, 0.25) is 0 Å². The van der Waals surface area contributed by atoms with E-state index in [1.54, 1.807) is 0 Å². The number of rotatable bonds is 2. The van der Waals surface area contributed by atoms with Crippen LogP contribution in [0.5, 0.6) is 0 Å². The average Bonchev–Trinajstić information content (AvgIpc) is 2.07. The number of hydrogen-bond donors (Lipinski definition) is 3. The standard InChI is InChI=1S/C10H21N3O/c1-7(2)12-10(14)13-9-4-5-11-6-8(9)3/h7-9,11H,4-6H2,1-3H3,(H2,12,13,14). The Labute approximate surface area is 85.8 Å². The van der Waals surface area contributed by atoms with Gasteiger partial charge in [-0.1, -0.05) is 6.92 Å². The van der Waals surface area contributed by atoms with E-state index in [0.29, 0.717) is 12.0 Å². The van der Waals surface area contributed by atoms with Crippen LogP contribution in [-0.4, -0.2) is 31.2 Å². The maximum atomic E-state index is 11.4. The summed E-state index contributed by atoms with van der Waals surface area (Å²) in [5, 5.41) is 9.16.